The number of carbonyl (C=O) groups excluding carboxylic acids is 1. The van der Waals surface area contributed by atoms with Gasteiger partial charge in [-0.1, -0.05) is 6.07 Å². The molecular formula is C19H18N8O. The number of hydrogen-bond acceptors (Lipinski definition) is 6. The number of amides is 1. The van der Waals surface area contributed by atoms with E-state index in [9.17, 15) is 4.79 Å². The van der Waals surface area contributed by atoms with Crippen LogP contribution in [0.3, 0.4) is 0 Å². The number of benzene rings is 1. The molecule has 0 aliphatic carbocycles. The van der Waals surface area contributed by atoms with Crippen LogP contribution in [0, 0.1) is 0 Å². The number of aromatic nitrogens is 6. The Labute approximate surface area is 160 Å². The van der Waals surface area contributed by atoms with Crippen molar-refractivity contribution in [3.63, 3.8) is 0 Å². The highest BCUT2D eigenvalue weighted by Gasteiger charge is 2.23. The lowest BCUT2D eigenvalue weighted by Gasteiger charge is -2.35. The topological polar surface area (TPSA) is 95.8 Å². The zero-order valence-corrected chi connectivity index (χ0v) is 15.1. The first-order valence-corrected chi connectivity index (χ1v) is 9.08. The first kappa shape index (κ1) is 16.4. The summed E-state index contributed by atoms with van der Waals surface area (Å²) < 4.78 is 1.56. The van der Waals surface area contributed by atoms with E-state index in [1.165, 1.54) is 6.33 Å². The van der Waals surface area contributed by atoms with Crippen molar-refractivity contribution in [2.45, 2.75) is 0 Å². The summed E-state index contributed by atoms with van der Waals surface area (Å²) in [6.07, 6.45) is 4.92. The third-order valence-electron chi connectivity index (χ3n) is 4.98. The fraction of sp³-hybridized carbons (Fsp3) is 0.211. The van der Waals surface area contributed by atoms with Crippen LogP contribution in [0.2, 0.25) is 0 Å². The van der Waals surface area contributed by atoms with Gasteiger partial charge in [0, 0.05) is 43.5 Å². The van der Waals surface area contributed by atoms with Gasteiger partial charge in [0.1, 0.15) is 12.7 Å². The third kappa shape index (κ3) is 2.96. The first-order chi connectivity index (χ1) is 13.8. The summed E-state index contributed by atoms with van der Waals surface area (Å²) in [6, 6.07) is 11.6. The number of rotatable bonds is 3. The molecule has 1 amide bonds. The van der Waals surface area contributed by atoms with Crippen molar-refractivity contribution in [1.29, 1.82) is 0 Å². The van der Waals surface area contributed by atoms with Crippen LogP contribution >= 0.6 is 0 Å². The second-order valence-corrected chi connectivity index (χ2v) is 6.65. The Balaban J connectivity index is 1.25. The van der Waals surface area contributed by atoms with E-state index >= 15 is 0 Å². The predicted octanol–water partition coefficient (Wildman–Crippen LogP) is 1.50. The maximum absolute atomic E-state index is 12.8. The van der Waals surface area contributed by atoms with E-state index < -0.39 is 0 Å². The van der Waals surface area contributed by atoms with Crippen LogP contribution in [0.25, 0.3) is 16.7 Å². The molecule has 9 heteroatoms. The lowest BCUT2D eigenvalue weighted by Crippen LogP contribution is -2.49. The van der Waals surface area contributed by atoms with E-state index in [2.05, 4.69) is 30.2 Å². The van der Waals surface area contributed by atoms with Crippen LogP contribution < -0.4 is 4.90 Å². The van der Waals surface area contributed by atoms with E-state index in [1.54, 1.807) is 11.0 Å². The summed E-state index contributed by atoms with van der Waals surface area (Å²) >= 11 is 0. The van der Waals surface area contributed by atoms with Crippen molar-refractivity contribution < 1.29 is 4.79 Å². The van der Waals surface area contributed by atoms with Crippen molar-refractivity contribution >= 4 is 22.6 Å². The molecule has 9 nitrogen and oxygen atoms in total. The number of hydrogen-bond donors (Lipinski definition) is 1. The maximum Gasteiger partial charge on any atom is 0.254 e. The quantitative estimate of drug-likeness (QED) is 0.584. The average molecular weight is 374 g/mol. The fourth-order valence-electron chi connectivity index (χ4n) is 3.44. The van der Waals surface area contributed by atoms with Crippen molar-refractivity contribution in [2.24, 2.45) is 0 Å². The highest BCUT2D eigenvalue weighted by molar-refractivity contribution is 5.98. The summed E-state index contributed by atoms with van der Waals surface area (Å²) in [5.74, 6) is 1.47. The molecule has 0 atom stereocenters. The fourth-order valence-corrected chi connectivity index (χ4v) is 3.44. The first-order valence-electron chi connectivity index (χ1n) is 9.08. The lowest BCUT2D eigenvalue weighted by atomic mass is 10.1. The molecule has 3 aromatic heterocycles. The largest absolute Gasteiger partial charge is 0.361 e. The maximum atomic E-state index is 12.8. The Kier molecular flexibility index (Phi) is 3.97. The van der Waals surface area contributed by atoms with Crippen LogP contribution in [-0.2, 0) is 0 Å². The Morgan fingerprint density at radius 3 is 2.54 bits per heavy atom. The minimum Gasteiger partial charge on any atom is -0.361 e. The van der Waals surface area contributed by atoms with E-state index in [0.717, 1.165) is 16.7 Å². The molecule has 1 aliphatic heterocycles. The third-order valence-corrected chi connectivity index (χ3v) is 4.98. The predicted molar refractivity (Wildman–Crippen MR) is 103 cm³/mol. The molecule has 0 radical (unpaired) electrons. The molecule has 1 aliphatic rings. The number of aromatic amines is 1. The van der Waals surface area contributed by atoms with Crippen molar-refractivity contribution in [1.82, 2.24) is 34.8 Å². The van der Waals surface area contributed by atoms with E-state index in [-0.39, 0.29) is 5.91 Å². The van der Waals surface area contributed by atoms with Crippen LogP contribution in [0.15, 0.2) is 55.2 Å². The molecule has 1 aromatic carbocycles. The molecule has 4 heterocycles. The van der Waals surface area contributed by atoms with Gasteiger partial charge in [-0.15, -0.1) is 10.2 Å². The van der Waals surface area contributed by atoms with Crippen molar-refractivity contribution in [3.05, 3.63) is 60.8 Å². The minimum atomic E-state index is 0.0590. The van der Waals surface area contributed by atoms with E-state index in [1.807, 2.05) is 47.5 Å². The number of fused-ring (bicyclic) bond motifs is 1. The smallest absolute Gasteiger partial charge is 0.254 e. The van der Waals surface area contributed by atoms with Gasteiger partial charge in [-0.05, 0) is 35.7 Å². The molecule has 28 heavy (non-hydrogen) atoms. The van der Waals surface area contributed by atoms with Gasteiger partial charge < -0.3 is 14.8 Å². The van der Waals surface area contributed by atoms with Gasteiger partial charge in [0.2, 0.25) is 0 Å². The van der Waals surface area contributed by atoms with Gasteiger partial charge in [-0.3, -0.25) is 4.79 Å². The molecule has 140 valence electrons. The molecule has 0 unspecified atom stereocenters. The lowest BCUT2D eigenvalue weighted by molar-refractivity contribution is 0.0746. The molecule has 4 aromatic rings. The molecule has 0 bridgehead atoms. The molecular weight excluding hydrogens is 356 g/mol. The number of carbonyl (C=O) groups is 1. The zero-order valence-electron chi connectivity index (χ0n) is 15.1. The van der Waals surface area contributed by atoms with Gasteiger partial charge in [0.25, 0.3) is 5.91 Å². The standard InChI is InChI=1S/C19H18N8O/c28-19(15-2-1-14-5-6-21-16(14)11-15)26-9-7-25(8-10-26)17-3-4-18(24-23-17)27-13-20-12-22-27/h1-6,11-13,21H,7-10H2. The minimum absolute atomic E-state index is 0.0590. The molecule has 1 saturated heterocycles. The van der Waals surface area contributed by atoms with Gasteiger partial charge in [0.05, 0.1) is 0 Å². The normalized spacial score (nSPS) is 14.6. The zero-order chi connectivity index (χ0) is 18.9. The number of anilines is 1. The highest BCUT2D eigenvalue weighted by atomic mass is 16.2. The molecule has 0 spiro atoms. The van der Waals surface area contributed by atoms with Crippen molar-refractivity contribution in [3.8, 4) is 5.82 Å². The van der Waals surface area contributed by atoms with Crippen LogP contribution in [0.4, 0.5) is 5.82 Å². The number of H-pyrrole nitrogens is 1. The second kappa shape index (κ2) is 6.76. The summed E-state index contributed by atoms with van der Waals surface area (Å²) in [4.78, 5) is 23.9. The summed E-state index contributed by atoms with van der Waals surface area (Å²) in [7, 11) is 0. The van der Waals surface area contributed by atoms with Gasteiger partial charge >= 0.3 is 0 Å². The van der Waals surface area contributed by atoms with Gasteiger partial charge in [0.15, 0.2) is 11.6 Å². The van der Waals surface area contributed by atoms with Crippen LogP contribution in [-0.4, -0.2) is 66.9 Å². The highest BCUT2D eigenvalue weighted by Crippen LogP contribution is 2.18. The second-order valence-electron chi connectivity index (χ2n) is 6.65. The SMILES string of the molecule is O=C(c1ccc2cc[nH]c2c1)N1CCN(c2ccc(-n3cncn3)nn2)CC1. The summed E-state index contributed by atoms with van der Waals surface area (Å²) in [6.45, 7) is 2.73. The van der Waals surface area contributed by atoms with E-state index in [4.69, 9.17) is 0 Å². The number of nitrogens with one attached hydrogen (secondary N) is 1. The Bertz CT molecular complexity index is 1090. The molecule has 0 saturated carbocycles. The Morgan fingerprint density at radius 2 is 1.79 bits per heavy atom. The summed E-state index contributed by atoms with van der Waals surface area (Å²) in [5.41, 5.74) is 1.69. The molecule has 1 N–H and O–H groups in total. The number of piperazine rings is 1. The van der Waals surface area contributed by atoms with Crippen molar-refractivity contribution in [2.75, 3.05) is 31.1 Å². The average Bonchev–Trinajstić information content (AvgIpc) is 3.45. The number of nitrogens with zero attached hydrogens (tertiary/aromatic N) is 7. The molecule has 1 fully saturated rings. The van der Waals surface area contributed by atoms with Gasteiger partial charge in [-0.2, -0.15) is 5.10 Å². The van der Waals surface area contributed by atoms with Crippen LogP contribution in [0.1, 0.15) is 10.4 Å². The summed E-state index contributed by atoms with van der Waals surface area (Å²) in [5, 5.41) is 13.7. The van der Waals surface area contributed by atoms with Gasteiger partial charge in [-0.25, -0.2) is 9.67 Å². The molecule has 5 rings (SSSR count). The van der Waals surface area contributed by atoms with Crippen LogP contribution in [0.5, 0.6) is 0 Å². The Hall–Kier alpha value is -3.75. The van der Waals surface area contributed by atoms with E-state index in [0.29, 0.717) is 37.6 Å². The monoisotopic (exact) mass is 374 g/mol. The Morgan fingerprint density at radius 1 is 0.964 bits per heavy atom.